The zero-order valence-electron chi connectivity index (χ0n) is 21.0. The molecule has 0 atom stereocenters. The first kappa shape index (κ1) is 22.8. The second-order valence-electron chi connectivity index (χ2n) is 10.8. The predicted molar refractivity (Wildman–Crippen MR) is 146 cm³/mol. The third kappa shape index (κ3) is 3.14. The highest BCUT2D eigenvalue weighted by Gasteiger charge is 2.52. The molecule has 0 amide bonds. The molecule has 2 aliphatic heterocycles. The molecule has 1 aromatic heterocycles. The summed E-state index contributed by atoms with van der Waals surface area (Å²) in [6, 6.07) is 25.0. The Morgan fingerprint density at radius 3 is 2.19 bits per heavy atom. The van der Waals surface area contributed by atoms with Crippen LogP contribution >= 0.6 is 0 Å². The third-order valence-corrected chi connectivity index (χ3v) is 9.95. The quantitative estimate of drug-likeness (QED) is 0.255. The summed E-state index contributed by atoms with van der Waals surface area (Å²) in [5, 5.41) is 2.09. The summed E-state index contributed by atoms with van der Waals surface area (Å²) < 4.78 is 45.7. The summed E-state index contributed by atoms with van der Waals surface area (Å²) in [7, 11) is -4.30. The van der Waals surface area contributed by atoms with E-state index >= 15 is 0 Å². The zero-order valence-corrected chi connectivity index (χ0v) is 21.8. The number of hydrogen-bond acceptors (Lipinski definition) is 5. The molecule has 4 aromatic carbocycles. The van der Waals surface area contributed by atoms with E-state index in [1.807, 2.05) is 88.4 Å². The molecule has 184 valence electrons. The van der Waals surface area contributed by atoms with Crippen LogP contribution < -0.4 is 5.46 Å². The molecule has 3 heterocycles. The van der Waals surface area contributed by atoms with Gasteiger partial charge in [0.1, 0.15) is 11.2 Å². The van der Waals surface area contributed by atoms with Crippen LogP contribution in [0.3, 0.4) is 0 Å². The van der Waals surface area contributed by atoms with Crippen LogP contribution in [0.5, 0.6) is 0 Å². The summed E-state index contributed by atoms with van der Waals surface area (Å²) in [4.78, 5) is 0.600. The van der Waals surface area contributed by atoms with Gasteiger partial charge in [0.2, 0.25) is 9.84 Å². The highest BCUT2D eigenvalue weighted by atomic mass is 32.2. The van der Waals surface area contributed by atoms with Gasteiger partial charge < -0.3 is 13.7 Å². The largest absolute Gasteiger partial charge is 0.494 e. The van der Waals surface area contributed by atoms with Crippen LogP contribution in [0.1, 0.15) is 27.7 Å². The molecule has 0 radical (unpaired) electrons. The maximum atomic E-state index is 13.6. The van der Waals surface area contributed by atoms with Gasteiger partial charge in [0.25, 0.3) is 0 Å². The third-order valence-electron chi connectivity index (χ3n) is 8.10. The number of fused-ring (bicyclic) bond motifs is 6. The van der Waals surface area contributed by atoms with E-state index < -0.39 is 28.2 Å². The SMILES string of the molecule is CC1(C)OB(c2ccc3c(c2)S(=O)(=O)c2ccc(-c4cccc5c4oc4ccccc45)cc2-3)OC1(C)C. The average Bonchev–Trinajstić information content (AvgIpc) is 3.43. The Morgan fingerprint density at radius 1 is 0.676 bits per heavy atom. The van der Waals surface area contributed by atoms with Crippen LogP contribution in [0.15, 0.2) is 93.1 Å². The maximum Gasteiger partial charge on any atom is 0.494 e. The maximum absolute atomic E-state index is 13.6. The lowest BCUT2D eigenvalue weighted by Crippen LogP contribution is -2.41. The van der Waals surface area contributed by atoms with Gasteiger partial charge in [0.15, 0.2) is 0 Å². The van der Waals surface area contributed by atoms with Crippen LogP contribution in [0, 0.1) is 0 Å². The van der Waals surface area contributed by atoms with Gasteiger partial charge in [0.05, 0.1) is 21.0 Å². The molecule has 7 heteroatoms. The van der Waals surface area contributed by atoms with E-state index in [-0.39, 0.29) is 4.90 Å². The lowest BCUT2D eigenvalue weighted by atomic mass is 9.78. The van der Waals surface area contributed by atoms with Gasteiger partial charge in [-0.15, -0.1) is 0 Å². The predicted octanol–water partition coefficient (Wildman–Crippen LogP) is 6.37. The Balaban J connectivity index is 1.35. The topological polar surface area (TPSA) is 65.7 Å². The number of benzene rings is 4. The molecule has 5 nitrogen and oxygen atoms in total. The second kappa shape index (κ2) is 7.35. The number of rotatable bonds is 2. The summed E-state index contributed by atoms with van der Waals surface area (Å²) in [5.74, 6) is 0. The molecule has 2 aliphatic rings. The molecular formula is C30H25BO5S. The Labute approximate surface area is 216 Å². The summed E-state index contributed by atoms with van der Waals surface area (Å²) in [6.45, 7) is 7.93. The molecule has 0 N–H and O–H groups in total. The van der Waals surface area contributed by atoms with Crippen LogP contribution in [-0.2, 0) is 19.1 Å². The zero-order chi connectivity index (χ0) is 25.7. The molecule has 1 saturated heterocycles. The second-order valence-corrected chi connectivity index (χ2v) is 12.7. The molecule has 5 aromatic rings. The van der Waals surface area contributed by atoms with E-state index in [0.717, 1.165) is 33.1 Å². The fourth-order valence-corrected chi connectivity index (χ4v) is 7.05. The van der Waals surface area contributed by atoms with Gasteiger partial charge in [-0.05, 0) is 63.0 Å². The van der Waals surface area contributed by atoms with Gasteiger partial charge in [-0.25, -0.2) is 8.42 Å². The van der Waals surface area contributed by atoms with E-state index in [4.69, 9.17) is 13.7 Å². The Kier molecular flexibility index (Phi) is 4.52. The molecule has 7 rings (SSSR count). The minimum atomic E-state index is -3.67. The summed E-state index contributed by atoms with van der Waals surface area (Å²) >= 11 is 0. The molecule has 37 heavy (non-hydrogen) atoms. The highest BCUT2D eigenvalue weighted by Crippen LogP contribution is 2.46. The van der Waals surface area contributed by atoms with Crippen molar-refractivity contribution in [2.75, 3.05) is 0 Å². The number of sulfone groups is 1. The van der Waals surface area contributed by atoms with Crippen LogP contribution in [0.2, 0.25) is 0 Å². The van der Waals surface area contributed by atoms with E-state index in [1.54, 1.807) is 12.1 Å². The Bertz CT molecular complexity index is 1850. The monoisotopic (exact) mass is 508 g/mol. The van der Waals surface area contributed by atoms with Crippen LogP contribution in [-0.4, -0.2) is 26.7 Å². The Morgan fingerprint density at radius 2 is 1.41 bits per heavy atom. The molecule has 0 bridgehead atoms. The number of para-hydroxylation sites is 2. The van der Waals surface area contributed by atoms with Gasteiger partial charge in [-0.1, -0.05) is 54.6 Å². The van der Waals surface area contributed by atoms with Crippen molar-refractivity contribution >= 4 is 44.4 Å². The van der Waals surface area contributed by atoms with Crippen LogP contribution in [0.4, 0.5) is 0 Å². The van der Waals surface area contributed by atoms with Crippen molar-refractivity contribution in [2.45, 2.75) is 48.7 Å². The fraction of sp³-hybridized carbons (Fsp3) is 0.200. The van der Waals surface area contributed by atoms with Crippen molar-refractivity contribution < 1.29 is 22.1 Å². The lowest BCUT2D eigenvalue weighted by Gasteiger charge is -2.32. The van der Waals surface area contributed by atoms with E-state index in [0.29, 0.717) is 21.5 Å². The van der Waals surface area contributed by atoms with Crippen molar-refractivity contribution in [1.82, 2.24) is 0 Å². The number of hydrogen-bond donors (Lipinski definition) is 0. The lowest BCUT2D eigenvalue weighted by molar-refractivity contribution is 0.00578. The number of furan rings is 1. The Hall–Kier alpha value is -3.39. The standard InChI is InChI=1S/C30H25BO5S/c1-29(2)30(3,4)36-31(35-29)19-13-14-22-24-16-18(12-15-26(24)37(32,33)27(22)17-19)20-9-7-10-23-21-8-5-6-11-25(21)34-28(20)23/h5-17H,1-4H3. The first-order chi connectivity index (χ1) is 17.6. The summed E-state index contributed by atoms with van der Waals surface area (Å²) in [5.41, 5.74) is 4.51. The van der Waals surface area contributed by atoms with Crippen molar-refractivity contribution in [3.63, 3.8) is 0 Å². The molecular weight excluding hydrogens is 483 g/mol. The van der Waals surface area contributed by atoms with Crippen LogP contribution in [0.25, 0.3) is 44.2 Å². The average molecular weight is 508 g/mol. The van der Waals surface area contributed by atoms with Gasteiger partial charge in [-0.2, -0.15) is 0 Å². The van der Waals surface area contributed by atoms with Gasteiger partial charge in [-0.3, -0.25) is 0 Å². The van der Waals surface area contributed by atoms with E-state index in [9.17, 15) is 8.42 Å². The van der Waals surface area contributed by atoms with Crippen molar-refractivity contribution in [3.8, 4) is 22.3 Å². The smallest absolute Gasteiger partial charge is 0.455 e. The summed E-state index contributed by atoms with van der Waals surface area (Å²) in [6.07, 6.45) is 0. The van der Waals surface area contributed by atoms with Crippen molar-refractivity contribution in [3.05, 3.63) is 78.9 Å². The van der Waals surface area contributed by atoms with Crippen molar-refractivity contribution in [1.29, 1.82) is 0 Å². The molecule has 1 fully saturated rings. The van der Waals surface area contributed by atoms with E-state index in [2.05, 4.69) is 6.07 Å². The molecule has 0 unspecified atom stereocenters. The molecule has 0 saturated carbocycles. The molecule has 0 aliphatic carbocycles. The highest BCUT2D eigenvalue weighted by molar-refractivity contribution is 7.92. The first-order valence-electron chi connectivity index (χ1n) is 12.4. The molecule has 0 spiro atoms. The minimum Gasteiger partial charge on any atom is -0.455 e. The van der Waals surface area contributed by atoms with Gasteiger partial charge >= 0.3 is 7.12 Å². The first-order valence-corrected chi connectivity index (χ1v) is 13.8. The minimum absolute atomic E-state index is 0.286. The van der Waals surface area contributed by atoms with E-state index in [1.165, 1.54) is 0 Å². The fourth-order valence-electron chi connectivity index (χ4n) is 5.34. The van der Waals surface area contributed by atoms with Gasteiger partial charge in [0, 0.05) is 27.5 Å². The van der Waals surface area contributed by atoms with Crippen molar-refractivity contribution in [2.24, 2.45) is 0 Å². The normalized spacial score (nSPS) is 18.9.